The van der Waals surface area contributed by atoms with Gasteiger partial charge in [0.25, 0.3) is 0 Å². The zero-order valence-electron chi connectivity index (χ0n) is 17.4. The molecule has 1 atom stereocenters. The van der Waals surface area contributed by atoms with E-state index in [9.17, 15) is 14.7 Å². The number of benzene rings is 1. The summed E-state index contributed by atoms with van der Waals surface area (Å²) in [5.74, 6) is 1.65. The van der Waals surface area contributed by atoms with E-state index in [2.05, 4.69) is 10.3 Å². The highest BCUT2D eigenvalue weighted by atomic mass is 16.6. The molecule has 4 saturated carbocycles. The number of hydrogen-bond donors (Lipinski definition) is 3. The van der Waals surface area contributed by atoms with Gasteiger partial charge in [-0.1, -0.05) is 18.2 Å². The second kappa shape index (κ2) is 7.33. The van der Waals surface area contributed by atoms with Crippen molar-refractivity contribution in [3.63, 3.8) is 0 Å². The highest BCUT2D eigenvalue weighted by Crippen LogP contribution is 2.54. The third kappa shape index (κ3) is 3.68. The number of rotatable bonds is 6. The second-order valence-electron chi connectivity index (χ2n) is 10.1. The summed E-state index contributed by atoms with van der Waals surface area (Å²) < 4.78 is 5.96. The molecule has 1 aromatic heterocycles. The number of hydrogen-bond acceptors (Lipinski definition) is 3. The molecule has 0 aliphatic heterocycles. The van der Waals surface area contributed by atoms with Gasteiger partial charge >= 0.3 is 12.1 Å². The topological polar surface area (TPSA) is 91.4 Å². The molecular weight excluding hydrogens is 380 g/mol. The molecule has 0 saturated heterocycles. The number of aliphatic carboxylic acids is 1. The highest BCUT2D eigenvalue weighted by Gasteiger charge is 2.50. The molecule has 3 N–H and O–H groups in total. The largest absolute Gasteiger partial charge is 0.481 e. The number of carbonyl (C=O) groups excluding carboxylic acids is 1. The first-order chi connectivity index (χ1) is 14.4. The molecule has 1 heterocycles. The van der Waals surface area contributed by atoms with E-state index in [1.54, 1.807) is 6.92 Å². The quantitative estimate of drug-likeness (QED) is 0.654. The van der Waals surface area contributed by atoms with Crippen molar-refractivity contribution >= 4 is 23.0 Å². The van der Waals surface area contributed by atoms with E-state index in [1.807, 2.05) is 30.5 Å². The number of alkyl carbamates (subject to hydrolysis) is 1. The molecule has 0 unspecified atom stereocenters. The normalized spacial score (nSPS) is 31.4. The van der Waals surface area contributed by atoms with Crippen LogP contribution in [0.2, 0.25) is 0 Å². The Bertz CT molecular complexity index is 939. The van der Waals surface area contributed by atoms with Crippen molar-refractivity contribution in [1.82, 2.24) is 10.3 Å². The maximum Gasteiger partial charge on any atom is 0.407 e. The first-order valence-electron chi connectivity index (χ1n) is 11.1. The predicted octanol–water partition coefficient (Wildman–Crippen LogP) is 4.49. The molecule has 6 heteroatoms. The number of amides is 1. The van der Waals surface area contributed by atoms with Crippen LogP contribution in [0.1, 0.15) is 51.0 Å². The van der Waals surface area contributed by atoms with Crippen LogP contribution in [0, 0.1) is 23.7 Å². The number of carbonyl (C=O) groups is 2. The van der Waals surface area contributed by atoms with E-state index in [-0.39, 0.29) is 12.5 Å². The number of aromatic amines is 1. The average molecular weight is 411 g/mol. The Labute approximate surface area is 176 Å². The molecule has 1 amide bonds. The Morgan fingerprint density at radius 2 is 1.80 bits per heavy atom. The van der Waals surface area contributed by atoms with Gasteiger partial charge in [0.2, 0.25) is 0 Å². The number of nitrogens with one attached hydrogen (secondary N) is 2. The summed E-state index contributed by atoms with van der Waals surface area (Å²) >= 11 is 0. The molecule has 2 aromatic rings. The summed E-state index contributed by atoms with van der Waals surface area (Å²) in [6, 6.07) is 7.92. The molecule has 0 radical (unpaired) electrons. The minimum Gasteiger partial charge on any atom is -0.481 e. The lowest BCUT2D eigenvalue weighted by atomic mass is 9.55. The van der Waals surface area contributed by atoms with Gasteiger partial charge in [-0.25, -0.2) is 4.79 Å². The monoisotopic (exact) mass is 410 g/mol. The van der Waals surface area contributed by atoms with Crippen LogP contribution in [-0.2, 0) is 16.0 Å². The van der Waals surface area contributed by atoms with E-state index in [4.69, 9.17) is 4.74 Å². The molecule has 4 fully saturated rings. The zero-order valence-corrected chi connectivity index (χ0v) is 17.4. The van der Waals surface area contributed by atoms with Gasteiger partial charge in [-0.3, -0.25) is 4.79 Å². The van der Waals surface area contributed by atoms with Crippen molar-refractivity contribution in [1.29, 1.82) is 0 Å². The van der Waals surface area contributed by atoms with Crippen molar-refractivity contribution in [2.24, 2.45) is 23.7 Å². The Kier molecular flexibility index (Phi) is 4.75. The molecule has 0 spiro atoms. The fourth-order valence-corrected chi connectivity index (χ4v) is 6.65. The van der Waals surface area contributed by atoms with Crippen LogP contribution in [-0.4, -0.2) is 33.8 Å². The van der Waals surface area contributed by atoms with E-state index >= 15 is 0 Å². The minimum absolute atomic E-state index is 0.0139. The number of fused-ring (bicyclic) bond motifs is 1. The molecule has 6 rings (SSSR count). The molecule has 30 heavy (non-hydrogen) atoms. The lowest BCUT2D eigenvalue weighted by Gasteiger charge is -2.53. The summed E-state index contributed by atoms with van der Waals surface area (Å²) in [7, 11) is 0. The summed E-state index contributed by atoms with van der Waals surface area (Å²) in [6.45, 7) is 1.79. The van der Waals surface area contributed by atoms with Gasteiger partial charge in [-0.15, -0.1) is 0 Å². The van der Waals surface area contributed by atoms with Crippen molar-refractivity contribution in [3.05, 3.63) is 36.0 Å². The minimum atomic E-state index is -0.938. The molecule has 1 aromatic carbocycles. The third-order valence-corrected chi connectivity index (χ3v) is 7.58. The van der Waals surface area contributed by atoms with Crippen molar-refractivity contribution in [2.75, 3.05) is 0 Å². The fraction of sp³-hybridized carbons (Fsp3) is 0.583. The number of ether oxygens (including phenoxy) is 1. The number of H-pyrrole nitrogens is 1. The van der Waals surface area contributed by atoms with Crippen molar-refractivity contribution < 1.29 is 19.4 Å². The first-order valence-corrected chi connectivity index (χ1v) is 11.1. The maximum absolute atomic E-state index is 12.9. The average Bonchev–Trinajstić information content (AvgIpc) is 3.06. The van der Waals surface area contributed by atoms with Gasteiger partial charge in [0.05, 0.1) is 12.0 Å². The van der Waals surface area contributed by atoms with E-state index in [0.29, 0.717) is 18.3 Å². The fourth-order valence-electron chi connectivity index (χ4n) is 6.65. The van der Waals surface area contributed by atoms with Crippen LogP contribution in [0.25, 0.3) is 10.9 Å². The molecule has 160 valence electrons. The standard InChI is InChI=1S/C24H30N2O4/c1-24(12-21(27)28,11-18-13-25-20-5-3-2-4-19(18)20)26-23(29)30-22-16-7-14-6-15(9-16)10-17(22)8-14/h2-5,13-17,22,25H,6-12H2,1H3,(H,26,29)(H,27,28)/t14?,15?,16?,17?,22?,24-/m1/s1. The van der Waals surface area contributed by atoms with Crippen LogP contribution in [0.4, 0.5) is 4.79 Å². The van der Waals surface area contributed by atoms with Crippen LogP contribution < -0.4 is 5.32 Å². The van der Waals surface area contributed by atoms with E-state index in [1.165, 1.54) is 32.1 Å². The molecule has 4 bridgehead atoms. The Hall–Kier alpha value is -2.50. The van der Waals surface area contributed by atoms with E-state index in [0.717, 1.165) is 28.3 Å². The van der Waals surface area contributed by atoms with Gasteiger partial charge in [-0.05, 0) is 80.8 Å². The number of para-hydroxylation sites is 1. The van der Waals surface area contributed by atoms with Gasteiger partial charge in [0.15, 0.2) is 0 Å². The Balaban J connectivity index is 1.30. The van der Waals surface area contributed by atoms with Crippen LogP contribution in [0.3, 0.4) is 0 Å². The van der Waals surface area contributed by atoms with Gasteiger partial charge in [0.1, 0.15) is 6.10 Å². The first kappa shape index (κ1) is 19.5. The van der Waals surface area contributed by atoms with Gasteiger partial charge < -0.3 is 20.1 Å². The number of aromatic nitrogens is 1. The predicted molar refractivity (Wildman–Crippen MR) is 113 cm³/mol. The van der Waals surface area contributed by atoms with Crippen molar-refractivity contribution in [3.8, 4) is 0 Å². The molecule has 6 nitrogen and oxygen atoms in total. The lowest BCUT2D eigenvalue weighted by molar-refractivity contribution is -0.138. The van der Waals surface area contributed by atoms with Crippen LogP contribution in [0.5, 0.6) is 0 Å². The third-order valence-electron chi connectivity index (χ3n) is 7.58. The lowest BCUT2D eigenvalue weighted by Crippen LogP contribution is -2.54. The SMILES string of the molecule is C[C@](CC(=O)O)(Cc1c[nH]c2ccccc12)NC(=O)OC1C2CC3CC(C2)CC1C3. The van der Waals surface area contributed by atoms with Crippen molar-refractivity contribution in [2.45, 2.75) is 63.5 Å². The molecule has 4 aliphatic carbocycles. The number of carboxylic acid groups (broad SMARTS) is 1. The van der Waals surface area contributed by atoms with E-state index < -0.39 is 17.6 Å². The van der Waals surface area contributed by atoms with Gasteiger partial charge in [-0.2, -0.15) is 0 Å². The zero-order chi connectivity index (χ0) is 20.9. The summed E-state index contributed by atoms with van der Waals surface area (Å²) in [5, 5.41) is 13.5. The number of carboxylic acids is 1. The highest BCUT2D eigenvalue weighted by molar-refractivity contribution is 5.83. The molecule has 4 aliphatic rings. The smallest absolute Gasteiger partial charge is 0.407 e. The van der Waals surface area contributed by atoms with Gasteiger partial charge in [0, 0.05) is 17.1 Å². The summed E-state index contributed by atoms with van der Waals surface area (Å²) in [4.78, 5) is 27.7. The summed E-state index contributed by atoms with van der Waals surface area (Å²) in [5.41, 5.74) is 1.06. The Morgan fingerprint density at radius 1 is 1.13 bits per heavy atom. The second-order valence-corrected chi connectivity index (χ2v) is 10.1. The van der Waals surface area contributed by atoms with Crippen LogP contribution >= 0.6 is 0 Å². The molecular formula is C24H30N2O4. The Morgan fingerprint density at radius 3 is 2.47 bits per heavy atom. The van der Waals surface area contributed by atoms with Crippen LogP contribution in [0.15, 0.2) is 30.5 Å². The maximum atomic E-state index is 12.9. The summed E-state index contributed by atoms with van der Waals surface area (Å²) in [6.07, 6.45) is 7.71.